The van der Waals surface area contributed by atoms with Gasteiger partial charge in [-0.05, 0) is 30.3 Å². The molecule has 0 radical (unpaired) electrons. The Morgan fingerprint density at radius 1 is 1.12 bits per heavy atom. The summed E-state index contributed by atoms with van der Waals surface area (Å²) < 4.78 is 37.5. The van der Waals surface area contributed by atoms with Gasteiger partial charge in [0.25, 0.3) is 10.0 Å². The van der Waals surface area contributed by atoms with E-state index in [-0.39, 0.29) is 26.4 Å². The second kappa shape index (κ2) is 8.03. The lowest BCUT2D eigenvalue weighted by Crippen LogP contribution is -2.38. The fourth-order valence-electron chi connectivity index (χ4n) is 2.23. The molecule has 0 aliphatic rings. The highest BCUT2D eigenvalue weighted by molar-refractivity contribution is 7.93. The molecule has 0 heterocycles. The number of hydrogen-bond donors (Lipinski definition) is 1. The molecule has 0 unspecified atom stereocenters. The van der Waals surface area contributed by atoms with Gasteiger partial charge in [0.05, 0.1) is 24.9 Å². The van der Waals surface area contributed by atoms with E-state index in [1.165, 1.54) is 50.6 Å². The van der Waals surface area contributed by atoms with Crippen LogP contribution in [0.25, 0.3) is 0 Å². The summed E-state index contributed by atoms with van der Waals surface area (Å²) in [4.78, 5) is 11.3. The third kappa shape index (κ3) is 4.14. The van der Waals surface area contributed by atoms with E-state index in [1.54, 1.807) is 0 Å². The smallest absolute Gasteiger partial charge is 0.266 e. The molecule has 26 heavy (non-hydrogen) atoms. The molecule has 0 fully saturated rings. The van der Waals surface area contributed by atoms with Crippen LogP contribution in [0.4, 0.5) is 5.69 Å². The number of primary amides is 1. The quantitative estimate of drug-likeness (QED) is 0.744. The van der Waals surface area contributed by atoms with Crippen molar-refractivity contribution in [2.45, 2.75) is 4.90 Å². The van der Waals surface area contributed by atoms with Gasteiger partial charge in [-0.15, -0.1) is 0 Å². The summed E-state index contributed by atoms with van der Waals surface area (Å²) in [5, 5.41) is 0.130. The van der Waals surface area contributed by atoms with Gasteiger partial charge in [-0.1, -0.05) is 23.2 Å². The Balaban J connectivity index is 2.68. The van der Waals surface area contributed by atoms with E-state index in [9.17, 15) is 13.2 Å². The van der Waals surface area contributed by atoms with E-state index in [0.717, 1.165) is 4.31 Å². The summed E-state index contributed by atoms with van der Waals surface area (Å²) in [5.74, 6) is -0.236. The highest BCUT2D eigenvalue weighted by Crippen LogP contribution is 2.37. The van der Waals surface area contributed by atoms with Crippen molar-refractivity contribution in [2.75, 3.05) is 25.1 Å². The first-order valence-corrected chi connectivity index (χ1v) is 9.38. The van der Waals surface area contributed by atoms with Gasteiger partial charge in [0, 0.05) is 11.1 Å². The monoisotopic (exact) mass is 418 g/mol. The van der Waals surface area contributed by atoms with Gasteiger partial charge in [0.2, 0.25) is 5.91 Å². The fourth-order valence-corrected chi connectivity index (χ4v) is 4.41. The minimum Gasteiger partial charge on any atom is -0.497 e. The number of carbonyl (C=O) groups is 1. The number of ether oxygens (including phenoxy) is 2. The van der Waals surface area contributed by atoms with Crippen molar-refractivity contribution in [3.05, 3.63) is 46.4 Å². The predicted octanol–water partition coefficient (Wildman–Crippen LogP) is 2.69. The van der Waals surface area contributed by atoms with Gasteiger partial charge in [-0.3, -0.25) is 9.10 Å². The Bertz CT molecular complexity index is 934. The van der Waals surface area contributed by atoms with E-state index < -0.39 is 22.5 Å². The van der Waals surface area contributed by atoms with Gasteiger partial charge in [-0.2, -0.15) is 0 Å². The van der Waals surface area contributed by atoms with E-state index >= 15 is 0 Å². The standard InChI is InChI=1S/C16H16Cl2N2O5S/c1-24-11-4-6-13(14(8-11)25-2)20(9-16(19)21)26(22,23)15-7-10(17)3-5-12(15)18/h3-8H,9H2,1-2H3,(H2,19,21). The number of benzene rings is 2. The van der Waals surface area contributed by atoms with Crippen LogP contribution in [0.15, 0.2) is 41.3 Å². The number of amides is 1. The van der Waals surface area contributed by atoms with Crippen LogP contribution >= 0.6 is 23.2 Å². The predicted molar refractivity (Wildman–Crippen MR) is 99.7 cm³/mol. The van der Waals surface area contributed by atoms with Crippen LogP contribution in [0, 0.1) is 0 Å². The molecule has 2 N–H and O–H groups in total. The first kappa shape index (κ1) is 20.2. The third-order valence-corrected chi connectivity index (χ3v) is 5.89. The molecular weight excluding hydrogens is 403 g/mol. The zero-order valence-electron chi connectivity index (χ0n) is 13.9. The molecule has 0 aliphatic carbocycles. The largest absolute Gasteiger partial charge is 0.497 e. The van der Waals surface area contributed by atoms with Crippen LogP contribution < -0.4 is 19.5 Å². The van der Waals surface area contributed by atoms with Crippen LogP contribution in [0.2, 0.25) is 10.0 Å². The van der Waals surface area contributed by atoms with Crippen molar-refractivity contribution >= 4 is 44.8 Å². The van der Waals surface area contributed by atoms with Gasteiger partial charge < -0.3 is 15.2 Å². The molecule has 0 atom stereocenters. The van der Waals surface area contributed by atoms with E-state index in [0.29, 0.717) is 5.75 Å². The van der Waals surface area contributed by atoms with Gasteiger partial charge in [0.15, 0.2) is 0 Å². The highest BCUT2D eigenvalue weighted by Gasteiger charge is 2.31. The van der Waals surface area contributed by atoms with Crippen molar-refractivity contribution in [3.8, 4) is 11.5 Å². The lowest BCUT2D eigenvalue weighted by atomic mass is 10.2. The highest BCUT2D eigenvalue weighted by atomic mass is 35.5. The number of anilines is 1. The molecule has 0 aliphatic heterocycles. The Kier molecular flexibility index (Phi) is 6.22. The first-order valence-electron chi connectivity index (χ1n) is 7.18. The van der Waals surface area contributed by atoms with Crippen LogP contribution in [-0.4, -0.2) is 35.1 Å². The topological polar surface area (TPSA) is 98.9 Å². The molecule has 0 bridgehead atoms. The SMILES string of the molecule is COc1ccc(N(CC(N)=O)S(=O)(=O)c2cc(Cl)ccc2Cl)c(OC)c1. The minimum atomic E-state index is -4.26. The molecule has 7 nitrogen and oxygen atoms in total. The van der Waals surface area contributed by atoms with Crippen LogP contribution in [-0.2, 0) is 14.8 Å². The lowest BCUT2D eigenvalue weighted by Gasteiger charge is -2.25. The molecular formula is C16H16Cl2N2O5S. The molecule has 140 valence electrons. The molecule has 0 saturated carbocycles. The lowest BCUT2D eigenvalue weighted by molar-refractivity contribution is -0.116. The molecule has 0 spiro atoms. The fraction of sp³-hybridized carbons (Fsp3) is 0.188. The third-order valence-electron chi connectivity index (χ3n) is 3.42. The molecule has 10 heteroatoms. The van der Waals surface area contributed by atoms with Gasteiger partial charge >= 0.3 is 0 Å². The van der Waals surface area contributed by atoms with Crippen molar-refractivity contribution < 1.29 is 22.7 Å². The van der Waals surface area contributed by atoms with Crippen LogP contribution in [0.1, 0.15) is 0 Å². The van der Waals surface area contributed by atoms with Crippen LogP contribution in [0.3, 0.4) is 0 Å². The number of hydrogen-bond acceptors (Lipinski definition) is 5. The average molecular weight is 419 g/mol. The summed E-state index contributed by atoms with van der Waals surface area (Å²) in [7, 11) is -1.44. The minimum absolute atomic E-state index is 0.0450. The van der Waals surface area contributed by atoms with E-state index in [1.807, 2.05) is 0 Å². The number of sulfonamides is 1. The summed E-state index contributed by atoms with van der Waals surface area (Å²) in [6.07, 6.45) is 0. The number of halogens is 2. The maximum atomic E-state index is 13.2. The van der Waals surface area contributed by atoms with Crippen molar-refractivity contribution in [1.29, 1.82) is 0 Å². The number of nitrogens with two attached hydrogens (primary N) is 1. The Labute approximate surface area is 161 Å². The Morgan fingerprint density at radius 3 is 2.38 bits per heavy atom. The molecule has 2 aromatic carbocycles. The second-order valence-corrected chi connectivity index (χ2v) is 7.76. The van der Waals surface area contributed by atoms with Crippen molar-refractivity contribution in [3.63, 3.8) is 0 Å². The Hall–Kier alpha value is -2.16. The molecule has 0 aromatic heterocycles. The van der Waals surface area contributed by atoms with Crippen molar-refractivity contribution in [1.82, 2.24) is 0 Å². The summed E-state index contributed by atoms with van der Waals surface area (Å²) in [6.45, 7) is -0.617. The number of nitrogens with zero attached hydrogens (tertiary/aromatic N) is 1. The molecule has 2 rings (SSSR count). The zero-order chi connectivity index (χ0) is 19.5. The van der Waals surface area contributed by atoms with Gasteiger partial charge in [-0.25, -0.2) is 8.42 Å². The van der Waals surface area contributed by atoms with Crippen LogP contribution in [0.5, 0.6) is 11.5 Å². The number of methoxy groups -OCH3 is 2. The van der Waals surface area contributed by atoms with Crippen molar-refractivity contribution in [2.24, 2.45) is 5.73 Å². The maximum absolute atomic E-state index is 13.2. The molecule has 0 saturated heterocycles. The second-order valence-electron chi connectivity index (χ2n) is 5.09. The van der Waals surface area contributed by atoms with E-state index in [4.69, 9.17) is 38.4 Å². The Morgan fingerprint density at radius 2 is 1.81 bits per heavy atom. The molecule has 1 amide bonds. The summed E-state index contributed by atoms with van der Waals surface area (Å²) in [6, 6.07) is 8.46. The first-order chi connectivity index (χ1) is 12.2. The number of rotatable bonds is 7. The number of carbonyl (C=O) groups excluding carboxylic acids is 1. The normalized spacial score (nSPS) is 11.1. The summed E-state index contributed by atoms with van der Waals surface area (Å²) >= 11 is 11.9. The van der Waals surface area contributed by atoms with Gasteiger partial charge in [0.1, 0.15) is 22.9 Å². The zero-order valence-corrected chi connectivity index (χ0v) is 16.2. The summed E-state index contributed by atoms with van der Waals surface area (Å²) in [5.41, 5.74) is 5.35. The van der Waals surface area contributed by atoms with E-state index in [2.05, 4.69) is 0 Å². The average Bonchev–Trinajstić information content (AvgIpc) is 2.60. The molecule has 2 aromatic rings. The maximum Gasteiger partial charge on any atom is 0.266 e.